The molecule has 0 N–H and O–H groups in total. The Hall–Kier alpha value is -1.07. The molecule has 0 aromatic heterocycles. The molecule has 1 saturated carbocycles. The van der Waals surface area contributed by atoms with Crippen LogP contribution >= 0.6 is 15.9 Å². The topological polar surface area (TPSA) is 32.8 Å². The molecule has 1 aliphatic heterocycles. The van der Waals surface area contributed by atoms with E-state index in [9.17, 15) is 4.79 Å². The number of benzene rings is 1. The number of halogens is 1. The monoisotopic (exact) mass is 380 g/mol. The van der Waals surface area contributed by atoms with Crippen LogP contribution in [0.15, 0.2) is 28.7 Å². The van der Waals surface area contributed by atoms with Gasteiger partial charge in [-0.3, -0.25) is 4.79 Å². The van der Waals surface area contributed by atoms with Crippen LogP contribution < -0.4 is 4.74 Å². The molecule has 1 heterocycles. The zero-order valence-electron chi connectivity index (χ0n) is 13.7. The first kappa shape index (κ1) is 16.8. The standard InChI is InChI=1S/C18H25BrN2O2/c1-14(23-17-5-2-4-16(19)12-17)18(22)21-9-3-8-20(10-11-21)13-15-6-7-15/h2,4-5,12,14-15H,3,6-11,13H2,1H3. The number of rotatable bonds is 5. The van der Waals surface area contributed by atoms with Crippen molar-refractivity contribution in [1.82, 2.24) is 9.80 Å². The molecule has 0 radical (unpaired) electrons. The summed E-state index contributed by atoms with van der Waals surface area (Å²) >= 11 is 3.43. The van der Waals surface area contributed by atoms with Crippen molar-refractivity contribution in [2.24, 2.45) is 5.92 Å². The van der Waals surface area contributed by atoms with E-state index in [0.717, 1.165) is 48.7 Å². The highest BCUT2D eigenvalue weighted by molar-refractivity contribution is 9.10. The maximum Gasteiger partial charge on any atom is 0.263 e. The Bertz CT molecular complexity index is 548. The highest BCUT2D eigenvalue weighted by atomic mass is 79.9. The zero-order chi connectivity index (χ0) is 16.2. The molecule has 2 aliphatic rings. The van der Waals surface area contributed by atoms with Gasteiger partial charge in [0.2, 0.25) is 0 Å². The number of carbonyl (C=O) groups is 1. The third kappa shape index (κ3) is 4.95. The molecular formula is C18H25BrN2O2. The van der Waals surface area contributed by atoms with Gasteiger partial charge in [0.05, 0.1) is 0 Å². The lowest BCUT2D eigenvalue weighted by molar-refractivity contribution is -0.137. The summed E-state index contributed by atoms with van der Waals surface area (Å²) in [5, 5.41) is 0. The van der Waals surface area contributed by atoms with Crippen molar-refractivity contribution in [3.63, 3.8) is 0 Å². The average molecular weight is 381 g/mol. The quantitative estimate of drug-likeness (QED) is 0.786. The Morgan fingerprint density at radius 3 is 2.87 bits per heavy atom. The Morgan fingerprint density at radius 1 is 1.30 bits per heavy atom. The fraction of sp³-hybridized carbons (Fsp3) is 0.611. The second kappa shape index (κ2) is 7.67. The van der Waals surface area contributed by atoms with Crippen LogP contribution in [0.2, 0.25) is 0 Å². The Labute approximate surface area is 146 Å². The fourth-order valence-corrected chi connectivity index (χ4v) is 3.47. The highest BCUT2D eigenvalue weighted by Gasteiger charge is 2.28. The number of hydrogen-bond donors (Lipinski definition) is 0. The minimum Gasteiger partial charge on any atom is -0.481 e. The minimum atomic E-state index is -0.445. The largest absolute Gasteiger partial charge is 0.481 e. The molecule has 3 rings (SSSR count). The van der Waals surface area contributed by atoms with Crippen molar-refractivity contribution >= 4 is 21.8 Å². The lowest BCUT2D eigenvalue weighted by Gasteiger charge is -2.25. The van der Waals surface area contributed by atoms with E-state index in [1.807, 2.05) is 36.1 Å². The molecule has 1 unspecified atom stereocenters. The number of ether oxygens (including phenoxy) is 1. The molecule has 5 heteroatoms. The summed E-state index contributed by atoms with van der Waals surface area (Å²) < 4.78 is 6.78. The van der Waals surface area contributed by atoms with Gasteiger partial charge in [-0.2, -0.15) is 0 Å². The van der Waals surface area contributed by atoms with Gasteiger partial charge in [0, 0.05) is 30.7 Å². The third-order valence-corrected chi connectivity index (χ3v) is 5.06. The van der Waals surface area contributed by atoms with Gasteiger partial charge in [0.15, 0.2) is 6.10 Å². The Morgan fingerprint density at radius 2 is 2.13 bits per heavy atom. The van der Waals surface area contributed by atoms with E-state index in [4.69, 9.17) is 4.74 Å². The van der Waals surface area contributed by atoms with E-state index in [-0.39, 0.29) is 5.91 Å². The van der Waals surface area contributed by atoms with Gasteiger partial charge in [0.25, 0.3) is 5.91 Å². The molecule has 23 heavy (non-hydrogen) atoms. The fourth-order valence-electron chi connectivity index (χ4n) is 3.09. The van der Waals surface area contributed by atoms with Crippen molar-refractivity contribution in [2.75, 3.05) is 32.7 Å². The smallest absolute Gasteiger partial charge is 0.263 e. The molecule has 1 amide bonds. The molecule has 1 aromatic rings. The van der Waals surface area contributed by atoms with E-state index < -0.39 is 6.10 Å². The van der Waals surface area contributed by atoms with Crippen LogP contribution in [-0.2, 0) is 4.79 Å². The SMILES string of the molecule is CC(Oc1cccc(Br)c1)C(=O)N1CCCN(CC2CC2)CC1. The molecule has 1 aromatic carbocycles. The summed E-state index contributed by atoms with van der Waals surface area (Å²) in [6.07, 6.45) is 3.38. The lowest BCUT2D eigenvalue weighted by Crippen LogP contribution is -2.42. The number of carbonyl (C=O) groups excluding carboxylic acids is 1. The predicted octanol–water partition coefficient (Wildman–Crippen LogP) is 3.16. The first-order valence-corrected chi connectivity index (χ1v) is 9.34. The summed E-state index contributed by atoms with van der Waals surface area (Å²) in [6.45, 7) is 6.82. The number of amides is 1. The Balaban J connectivity index is 1.52. The molecule has 0 bridgehead atoms. The van der Waals surface area contributed by atoms with Crippen LogP contribution in [-0.4, -0.2) is 54.5 Å². The molecule has 1 saturated heterocycles. The normalized spacial score (nSPS) is 20.9. The number of hydrogen-bond acceptors (Lipinski definition) is 3. The maximum absolute atomic E-state index is 12.7. The number of nitrogens with zero attached hydrogens (tertiary/aromatic N) is 2. The van der Waals surface area contributed by atoms with Crippen molar-refractivity contribution in [3.8, 4) is 5.75 Å². The molecule has 4 nitrogen and oxygen atoms in total. The van der Waals surface area contributed by atoms with Crippen molar-refractivity contribution < 1.29 is 9.53 Å². The van der Waals surface area contributed by atoms with Gasteiger partial charge >= 0.3 is 0 Å². The van der Waals surface area contributed by atoms with E-state index in [0.29, 0.717) is 0 Å². The summed E-state index contributed by atoms with van der Waals surface area (Å²) in [5.74, 6) is 1.74. The highest BCUT2D eigenvalue weighted by Crippen LogP contribution is 2.30. The first-order valence-electron chi connectivity index (χ1n) is 8.55. The van der Waals surface area contributed by atoms with Gasteiger partial charge in [0.1, 0.15) is 5.75 Å². The molecular weight excluding hydrogens is 356 g/mol. The minimum absolute atomic E-state index is 0.0956. The van der Waals surface area contributed by atoms with E-state index in [2.05, 4.69) is 20.8 Å². The van der Waals surface area contributed by atoms with Crippen LogP contribution in [0.25, 0.3) is 0 Å². The Kier molecular flexibility index (Phi) is 5.59. The van der Waals surface area contributed by atoms with Gasteiger partial charge in [-0.25, -0.2) is 0 Å². The second-order valence-corrected chi connectivity index (χ2v) is 7.56. The van der Waals surface area contributed by atoms with Crippen molar-refractivity contribution in [3.05, 3.63) is 28.7 Å². The summed E-state index contributed by atoms with van der Waals surface area (Å²) in [7, 11) is 0. The van der Waals surface area contributed by atoms with Gasteiger partial charge in [-0.1, -0.05) is 22.0 Å². The van der Waals surface area contributed by atoms with Gasteiger partial charge < -0.3 is 14.5 Å². The van der Waals surface area contributed by atoms with E-state index in [1.54, 1.807) is 0 Å². The van der Waals surface area contributed by atoms with Gasteiger partial charge in [-0.15, -0.1) is 0 Å². The van der Waals surface area contributed by atoms with E-state index in [1.165, 1.54) is 19.4 Å². The first-order chi connectivity index (χ1) is 11.1. The summed E-state index contributed by atoms with van der Waals surface area (Å²) in [6, 6.07) is 7.64. The second-order valence-electron chi connectivity index (χ2n) is 6.64. The van der Waals surface area contributed by atoms with Crippen molar-refractivity contribution in [1.29, 1.82) is 0 Å². The van der Waals surface area contributed by atoms with Crippen molar-refractivity contribution in [2.45, 2.75) is 32.3 Å². The molecule has 126 valence electrons. The maximum atomic E-state index is 12.7. The van der Waals surface area contributed by atoms with Gasteiger partial charge in [-0.05, 0) is 56.8 Å². The lowest BCUT2D eigenvalue weighted by atomic mass is 10.3. The molecule has 0 spiro atoms. The summed E-state index contributed by atoms with van der Waals surface area (Å²) in [4.78, 5) is 17.1. The average Bonchev–Trinajstić information content (AvgIpc) is 3.34. The van der Waals surface area contributed by atoms with Crippen LogP contribution in [0, 0.1) is 5.92 Å². The summed E-state index contributed by atoms with van der Waals surface area (Å²) in [5.41, 5.74) is 0. The molecule has 2 fully saturated rings. The van der Waals surface area contributed by atoms with Crippen LogP contribution in [0.3, 0.4) is 0 Å². The molecule has 1 aliphatic carbocycles. The van der Waals surface area contributed by atoms with E-state index >= 15 is 0 Å². The van der Waals surface area contributed by atoms with Crippen LogP contribution in [0.5, 0.6) is 5.75 Å². The van der Waals surface area contributed by atoms with Crippen LogP contribution in [0.1, 0.15) is 26.2 Å². The molecule has 1 atom stereocenters. The van der Waals surface area contributed by atoms with Crippen LogP contribution in [0.4, 0.5) is 0 Å². The predicted molar refractivity (Wildman–Crippen MR) is 94.6 cm³/mol. The third-order valence-electron chi connectivity index (χ3n) is 4.57. The zero-order valence-corrected chi connectivity index (χ0v) is 15.3.